The van der Waals surface area contributed by atoms with Gasteiger partial charge in [-0.25, -0.2) is 0 Å². The highest BCUT2D eigenvalue weighted by atomic mass is 35.5. The average molecular weight is 1580 g/mol. The van der Waals surface area contributed by atoms with Gasteiger partial charge in [0.25, 0.3) is 23.6 Å². The zero-order valence-electron chi connectivity index (χ0n) is 63.0. The van der Waals surface area contributed by atoms with E-state index in [0.717, 1.165) is 163 Å². The van der Waals surface area contributed by atoms with E-state index in [4.69, 9.17) is 51.4 Å². The number of nitrogens with one attached hydrogen (secondary N) is 4. The first-order valence-electron chi connectivity index (χ1n) is 39.5. The molecule has 3 aliphatic carbocycles. The van der Waals surface area contributed by atoms with Crippen molar-refractivity contribution < 1.29 is 33.9 Å². The molecule has 4 aromatic heterocycles. The van der Waals surface area contributed by atoms with Gasteiger partial charge in [0, 0.05) is 112 Å². The lowest BCUT2D eigenvalue weighted by Gasteiger charge is -2.41. The first kappa shape index (κ1) is 77.6. The maximum atomic E-state index is 14.3. The van der Waals surface area contributed by atoms with Crippen LogP contribution >= 0.6 is 46.4 Å². The molecule has 4 aromatic carbocycles. The number of anilines is 4. The average Bonchev–Trinajstić information content (AvgIpc) is 1.67. The van der Waals surface area contributed by atoms with Crippen molar-refractivity contribution >= 4 is 105 Å². The van der Waals surface area contributed by atoms with Crippen molar-refractivity contribution in [1.82, 2.24) is 44.4 Å². The smallest absolute Gasteiger partial charge is 0.309 e. The summed E-state index contributed by atoms with van der Waals surface area (Å²) in [5.74, 6) is -1.35. The molecule has 24 heteroatoms. The van der Waals surface area contributed by atoms with Crippen molar-refractivity contribution in [2.24, 2.45) is 11.3 Å². The number of amides is 5. The molecule has 2 atom stereocenters. The fourth-order valence-electron chi connectivity index (χ4n) is 17.1. The Bertz CT molecular complexity index is 4880. The van der Waals surface area contributed by atoms with Gasteiger partial charge in [-0.15, -0.1) is 0 Å². The van der Waals surface area contributed by atoms with Crippen molar-refractivity contribution in [2.45, 2.75) is 167 Å². The maximum Gasteiger partial charge on any atom is 0.309 e. The van der Waals surface area contributed by atoms with Crippen LogP contribution in [-0.4, -0.2) is 150 Å². The van der Waals surface area contributed by atoms with E-state index in [1.807, 2.05) is 85.9 Å². The van der Waals surface area contributed by atoms with E-state index in [1.54, 1.807) is 54.9 Å². The molecule has 0 radical (unpaired) electrons. The molecule has 5 amide bonds. The molecule has 0 spiro atoms. The number of benzene rings is 4. The molecular weight excluding hydrogens is 1480 g/mol. The number of pyridine rings is 4. The van der Waals surface area contributed by atoms with E-state index >= 15 is 0 Å². The fourth-order valence-corrected chi connectivity index (χ4v) is 18.2. The van der Waals surface area contributed by atoms with E-state index in [-0.39, 0.29) is 50.8 Å². The van der Waals surface area contributed by atoms with Crippen LogP contribution in [-0.2, 0) is 48.6 Å². The van der Waals surface area contributed by atoms with Crippen molar-refractivity contribution in [3.63, 3.8) is 0 Å². The molecule has 2 unspecified atom stereocenters. The van der Waals surface area contributed by atoms with Gasteiger partial charge >= 0.3 is 5.97 Å². The normalized spacial score (nSPS) is 20.1. The molecule has 7 aliphatic rings. The molecule has 5 N–H and O–H groups in total. The largest absolute Gasteiger partial charge is 0.481 e. The number of unbranched alkanes of at least 4 members (excludes halogenated alkanes) is 1. The Kier molecular flexibility index (Phi) is 24.0. The van der Waals surface area contributed by atoms with Crippen molar-refractivity contribution in [3.8, 4) is 22.3 Å². The lowest BCUT2D eigenvalue weighted by Crippen LogP contribution is -2.44. The Hall–Kier alpha value is -8.70. The molecule has 8 aromatic rings. The first-order chi connectivity index (χ1) is 53.8. The highest BCUT2D eigenvalue weighted by Crippen LogP contribution is 2.50. The summed E-state index contributed by atoms with van der Waals surface area (Å²) in [5.41, 5.74) is 13.2. The molecule has 4 aliphatic heterocycles. The lowest BCUT2D eigenvalue weighted by atomic mass is 9.73. The van der Waals surface area contributed by atoms with Gasteiger partial charge < -0.3 is 31.3 Å². The minimum Gasteiger partial charge on any atom is -0.481 e. The Balaban J connectivity index is 0.519. The summed E-state index contributed by atoms with van der Waals surface area (Å²) >= 11 is 28.4. The minimum atomic E-state index is -0.724. The third-order valence-electron chi connectivity index (χ3n) is 24.0. The second kappa shape index (κ2) is 34.3. The second-order valence-corrected chi connectivity index (χ2v) is 33.3. The van der Waals surface area contributed by atoms with Crippen LogP contribution < -0.4 is 21.3 Å². The zero-order valence-corrected chi connectivity index (χ0v) is 66.0. The van der Waals surface area contributed by atoms with E-state index in [2.05, 4.69) is 55.8 Å². The molecular formula is C87H95Cl4N13O7. The first-order valence-corrected chi connectivity index (χ1v) is 41.0. The van der Waals surface area contributed by atoms with Crippen molar-refractivity contribution in [1.29, 1.82) is 0 Å². The number of halogens is 4. The molecule has 0 bridgehead atoms. The number of carboxylic acids is 1. The van der Waals surface area contributed by atoms with Crippen molar-refractivity contribution in [2.75, 3.05) is 80.7 Å². The van der Waals surface area contributed by atoms with Crippen LogP contribution in [0.4, 0.5) is 22.7 Å². The number of carbonyl (C=O) groups excluding carboxylic acids is 5. The van der Waals surface area contributed by atoms with Gasteiger partial charge in [-0.1, -0.05) is 108 Å². The summed E-state index contributed by atoms with van der Waals surface area (Å²) < 4.78 is 0. The number of aliphatic carboxylic acids is 1. The maximum absolute atomic E-state index is 14.3. The third-order valence-corrected chi connectivity index (χ3v) is 25.6. The van der Waals surface area contributed by atoms with Crippen LogP contribution in [0.25, 0.3) is 22.3 Å². The van der Waals surface area contributed by atoms with Gasteiger partial charge in [-0.3, -0.25) is 68.3 Å². The summed E-state index contributed by atoms with van der Waals surface area (Å²) in [6.07, 6.45) is 24.1. The number of piperidine rings is 2. The Morgan fingerprint density at radius 2 is 0.937 bits per heavy atom. The summed E-state index contributed by atoms with van der Waals surface area (Å²) in [6.45, 7) is 12.0. The van der Waals surface area contributed by atoms with Crippen LogP contribution in [0.2, 0.25) is 20.1 Å². The highest BCUT2D eigenvalue weighted by molar-refractivity contribution is 6.41. The number of carboxylic acid groups (broad SMARTS) is 1. The van der Waals surface area contributed by atoms with Gasteiger partial charge in [0.1, 0.15) is 22.8 Å². The van der Waals surface area contributed by atoms with Crippen LogP contribution in [0.5, 0.6) is 0 Å². The Morgan fingerprint density at radius 1 is 0.505 bits per heavy atom. The molecule has 8 heterocycles. The molecule has 5 fully saturated rings. The summed E-state index contributed by atoms with van der Waals surface area (Å²) in [6, 6.07) is 29.3. The highest BCUT2D eigenvalue weighted by Gasteiger charge is 2.43. The zero-order chi connectivity index (χ0) is 77.0. The lowest BCUT2D eigenvalue weighted by molar-refractivity contribution is -0.150. The van der Waals surface area contributed by atoms with E-state index in [1.165, 1.54) is 36.8 Å². The molecule has 20 nitrogen and oxygen atoms in total. The summed E-state index contributed by atoms with van der Waals surface area (Å²) in [7, 11) is 1.89. The number of rotatable bonds is 25. The van der Waals surface area contributed by atoms with Crippen molar-refractivity contribution in [3.05, 3.63) is 209 Å². The number of aromatic nitrogens is 4. The van der Waals surface area contributed by atoms with Gasteiger partial charge in [0.05, 0.1) is 48.3 Å². The monoisotopic (exact) mass is 1570 g/mol. The molecule has 578 valence electrons. The van der Waals surface area contributed by atoms with E-state index in [9.17, 15) is 33.9 Å². The van der Waals surface area contributed by atoms with Crippen LogP contribution in [0.1, 0.15) is 208 Å². The predicted octanol–water partition coefficient (Wildman–Crippen LogP) is 17.3. The number of hydrogen-bond donors (Lipinski definition) is 5. The van der Waals surface area contributed by atoms with E-state index < -0.39 is 29.1 Å². The Morgan fingerprint density at radius 3 is 1.41 bits per heavy atom. The van der Waals surface area contributed by atoms with Crippen LogP contribution in [0.3, 0.4) is 0 Å². The van der Waals surface area contributed by atoms with Gasteiger partial charge in [0.2, 0.25) is 5.91 Å². The number of hydrogen-bond acceptors (Lipinski definition) is 14. The van der Waals surface area contributed by atoms with E-state index in [0.29, 0.717) is 112 Å². The quantitative estimate of drug-likeness (QED) is 0.0335. The SMILES string of the molecule is CN(CC1CC1c1cc(C(=O)Nc2cccc(-c3cccc(NC(=O)c4cc5c(cn4)CN(C4CCC(C)(C(=O)O)CC4)CC5)c3Cl)c2Cl)ncc1CN1CCCCC1)C(=O)CCCCN1CCc2cc(C(=O)Nc3cccc(-c4cccc(NC(=O)c5cc(C6CC6)c(CN6CCCCC6)cn5)c4Cl)c3Cl)ncc2C1. The molecule has 2 saturated heterocycles. The second-order valence-electron chi connectivity index (χ2n) is 31.8. The molecule has 15 rings (SSSR count). The summed E-state index contributed by atoms with van der Waals surface area (Å²) in [5, 5.41) is 22.9. The molecule has 111 heavy (non-hydrogen) atoms. The van der Waals surface area contributed by atoms with Gasteiger partial charge in [-0.05, 0) is 247 Å². The minimum absolute atomic E-state index is 0.105. The standard InChI is InChI=1S/C87H95Cl4N13O7/c1-87(86(110)111)30-26-61(27-31-87)104-38-29-55-41-74(93-45-58(55)52-104)83(107)97-70-20-12-16-63(79(70)89)65-18-14-22-72(81(65)91)99-85(109)76-43-68(60(47-95-76)51-102-34-8-4-9-35-102)67-39-56(67)48-100(2)77(105)23-5-10-36-103-37-28-54-40-73(92-44-57(54)49-103)82(106)96-69-19-11-15-62(78(69)88)64-17-13-21-71(80(64)90)98-84(108)75-42-66(53-24-25-53)59(46-94-75)50-101-32-6-3-7-33-101/h11-22,40-47,53,56,61,67H,3-10,23-39,48-52H2,1-2H3,(H,96,106)(H,97,107)(H,98,108)(H,99,109)(H,110,111). The van der Waals surface area contributed by atoms with Gasteiger partial charge in [0.15, 0.2) is 0 Å². The Labute approximate surface area is 668 Å². The predicted molar refractivity (Wildman–Crippen MR) is 436 cm³/mol. The number of carbonyl (C=O) groups is 6. The fraction of sp³-hybridized carbons (Fsp3) is 0.425. The third kappa shape index (κ3) is 18.0. The van der Waals surface area contributed by atoms with Gasteiger partial charge in [-0.2, -0.15) is 0 Å². The number of nitrogens with zero attached hydrogens (tertiary/aromatic N) is 9. The molecule has 3 saturated carbocycles. The topological polar surface area (TPSA) is 239 Å². The van der Waals surface area contributed by atoms with Crippen LogP contribution in [0.15, 0.2) is 122 Å². The summed E-state index contributed by atoms with van der Waals surface area (Å²) in [4.78, 5) is 112. The number of likely N-dealkylation sites (tertiary alicyclic amines) is 2. The van der Waals surface area contributed by atoms with Crippen LogP contribution in [0, 0.1) is 11.3 Å². The number of fused-ring (bicyclic) bond motifs is 2.